The van der Waals surface area contributed by atoms with Crippen LogP contribution in [0.2, 0.25) is 10.0 Å². The lowest BCUT2D eigenvalue weighted by Crippen LogP contribution is -1.84. The monoisotopic (exact) mass is 208 g/mol. The molecule has 0 atom stereocenters. The molecular formula is C7H6Cl2OS. The van der Waals surface area contributed by atoms with Crippen molar-refractivity contribution >= 4 is 36.1 Å². The minimum Gasteiger partial charge on any atom is -0.314 e. The van der Waals surface area contributed by atoms with Crippen molar-refractivity contribution in [1.29, 1.82) is 0 Å². The average Bonchev–Trinajstić information content (AvgIpc) is 1.95. The second kappa shape index (κ2) is 4.21. The van der Waals surface area contributed by atoms with Gasteiger partial charge in [-0.25, -0.2) is 0 Å². The highest BCUT2D eigenvalue weighted by Crippen LogP contribution is 2.21. The van der Waals surface area contributed by atoms with Crippen LogP contribution in [0.25, 0.3) is 0 Å². The topological polar surface area (TPSA) is 9.23 Å². The van der Waals surface area contributed by atoms with Gasteiger partial charge >= 0.3 is 0 Å². The Morgan fingerprint density at radius 2 is 2.09 bits per heavy atom. The number of rotatable bonds is 2. The highest BCUT2D eigenvalue weighted by Gasteiger charge is 1.99. The molecule has 0 heterocycles. The fourth-order valence-electron chi connectivity index (χ4n) is 0.708. The van der Waals surface area contributed by atoms with Crippen molar-refractivity contribution in [1.82, 2.24) is 0 Å². The molecular weight excluding hydrogens is 203 g/mol. The van der Waals surface area contributed by atoms with Gasteiger partial charge in [0.1, 0.15) is 0 Å². The van der Waals surface area contributed by atoms with E-state index in [9.17, 15) is 0 Å². The third-order valence-electron chi connectivity index (χ3n) is 1.24. The first-order valence-electron chi connectivity index (χ1n) is 2.94. The van der Waals surface area contributed by atoms with E-state index in [4.69, 9.17) is 23.2 Å². The summed E-state index contributed by atoms with van der Waals surface area (Å²) in [6, 6.07) is 5.24. The normalized spacial score (nSPS) is 10.1. The van der Waals surface area contributed by atoms with Gasteiger partial charge in [0.2, 0.25) is 0 Å². The van der Waals surface area contributed by atoms with Gasteiger partial charge in [0, 0.05) is 10.0 Å². The molecule has 60 valence electrons. The molecule has 11 heavy (non-hydrogen) atoms. The predicted molar refractivity (Wildman–Crippen MR) is 50.2 cm³/mol. The molecule has 4 heteroatoms. The van der Waals surface area contributed by atoms with Gasteiger partial charge in [0.25, 0.3) is 0 Å². The molecule has 0 aromatic heterocycles. The summed E-state index contributed by atoms with van der Waals surface area (Å²) >= 11 is 15.1. The Hall–Kier alpha value is 0.110. The van der Waals surface area contributed by atoms with Gasteiger partial charge in [-0.3, -0.25) is 0 Å². The summed E-state index contributed by atoms with van der Waals surface area (Å²) in [4.78, 5) is 0. The largest absolute Gasteiger partial charge is 0.314 e. The van der Waals surface area contributed by atoms with Crippen LogP contribution >= 0.6 is 36.1 Å². The second-order valence-corrected chi connectivity index (χ2v) is 3.11. The van der Waals surface area contributed by atoms with Crippen molar-refractivity contribution in [3.8, 4) is 0 Å². The smallest absolute Gasteiger partial charge is 0.0875 e. The Morgan fingerprint density at radius 1 is 1.36 bits per heavy atom. The summed E-state index contributed by atoms with van der Waals surface area (Å²) in [6.07, 6.45) is 0. The van der Waals surface area contributed by atoms with Crippen LogP contribution in [0.4, 0.5) is 0 Å². The highest BCUT2D eigenvalue weighted by molar-refractivity contribution is 7.75. The maximum atomic E-state index is 5.81. The van der Waals surface area contributed by atoms with E-state index in [2.05, 4.69) is 17.1 Å². The van der Waals surface area contributed by atoms with Crippen LogP contribution in [0.15, 0.2) is 18.2 Å². The minimum absolute atomic E-state index is 0.388. The second-order valence-electron chi connectivity index (χ2n) is 2.01. The molecule has 0 amide bonds. The zero-order valence-electron chi connectivity index (χ0n) is 5.55. The van der Waals surface area contributed by atoms with E-state index >= 15 is 0 Å². The highest BCUT2D eigenvalue weighted by atomic mass is 35.5. The molecule has 0 radical (unpaired) electrons. The summed E-state index contributed by atoms with van der Waals surface area (Å²) in [5.74, 6) is 0. The molecule has 0 spiro atoms. The molecule has 0 bridgehead atoms. The molecule has 1 nitrogen and oxygen atoms in total. The minimum atomic E-state index is 0.388. The number of hydrogen-bond donors (Lipinski definition) is 1. The van der Waals surface area contributed by atoms with E-state index in [1.807, 2.05) is 0 Å². The maximum absolute atomic E-state index is 5.81. The molecule has 0 unspecified atom stereocenters. The van der Waals surface area contributed by atoms with Crippen molar-refractivity contribution < 1.29 is 4.18 Å². The van der Waals surface area contributed by atoms with E-state index in [1.54, 1.807) is 18.2 Å². The standard InChI is InChI=1S/C7H6Cl2OS/c8-6-2-1-5(4-10-11)7(9)3-6/h1-3,11H,4H2. The van der Waals surface area contributed by atoms with Crippen LogP contribution in [-0.4, -0.2) is 0 Å². The lowest BCUT2D eigenvalue weighted by molar-refractivity contribution is 0.372. The molecule has 0 aliphatic carbocycles. The zero-order chi connectivity index (χ0) is 8.27. The average molecular weight is 209 g/mol. The van der Waals surface area contributed by atoms with Crippen molar-refractivity contribution in [3.05, 3.63) is 33.8 Å². The van der Waals surface area contributed by atoms with Gasteiger partial charge in [0.05, 0.1) is 6.61 Å². The summed E-state index contributed by atoms with van der Waals surface area (Å²) in [6.45, 7) is 0.388. The van der Waals surface area contributed by atoms with Crippen LogP contribution in [0.1, 0.15) is 5.56 Å². The molecule has 1 rings (SSSR count). The zero-order valence-corrected chi connectivity index (χ0v) is 7.96. The Bertz CT molecular complexity index is 252. The predicted octanol–water partition coefficient (Wildman–Crippen LogP) is 3.35. The molecule has 0 saturated heterocycles. The lowest BCUT2D eigenvalue weighted by Gasteiger charge is -2.00. The first kappa shape index (κ1) is 9.20. The van der Waals surface area contributed by atoms with Crippen molar-refractivity contribution in [2.45, 2.75) is 6.61 Å². The van der Waals surface area contributed by atoms with Crippen molar-refractivity contribution in [3.63, 3.8) is 0 Å². The number of hydrogen-bond acceptors (Lipinski definition) is 2. The van der Waals surface area contributed by atoms with E-state index < -0.39 is 0 Å². The Balaban J connectivity index is 2.90. The third kappa shape index (κ3) is 2.56. The number of benzene rings is 1. The molecule has 1 aromatic rings. The van der Waals surface area contributed by atoms with Gasteiger partial charge in [-0.1, -0.05) is 29.3 Å². The molecule has 0 N–H and O–H groups in total. The molecule has 0 fully saturated rings. The SMILES string of the molecule is SOCc1ccc(Cl)cc1Cl. The number of thiol groups is 1. The maximum Gasteiger partial charge on any atom is 0.0875 e. The van der Waals surface area contributed by atoms with Gasteiger partial charge in [-0.15, -0.1) is 0 Å². The van der Waals surface area contributed by atoms with Crippen LogP contribution in [0.3, 0.4) is 0 Å². The Kier molecular flexibility index (Phi) is 3.52. The quantitative estimate of drug-likeness (QED) is 0.580. The molecule has 0 aliphatic rings. The number of halogens is 2. The van der Waals surface area contributed by atoms with Crippen LogP contribution < -0.4 is 0 Å². The Morgan fingerprint density at radius 3 is 2.64 bits per heavy atom. The van der Waals surface area contributed by atoms with E-state index in [-0.39, 0.29) is 0 Å². The van der Waals surface area contributed by atoms with E-state index in [1.165, 1.54) is 0 Å². The summed E-state index contributed by atoms with van der Waals surface area (Å²) in [7, 11) is 0. The van der Waals surface area contributed by atoms with Gasteiger partial charge in [-0.05, 0) is 30.6 Å². The van der Waals surface area contributed by atoms with Crippen molar-refractivity contribution in [2.24, 2.45) is 0 Å². The molecule has 0 saturated carbocycles. The Labute approximate surface area is 80.9 Å². The van der Waals surface area contributed by atoms with E-state index in [0.717, 1.165) is 5.56 Å². The van der Waals surface area contributed by atoms with Crippen LogP contribution in [-0.2, 0) is 10.8 Å². The molecule has 1 aromatic carbocycles. The van der Waals surface area contributed by atoms with Crippen LogP contribution in [0.5, 0.6) is 0 Å². The fraction of sp³-hybridized carbons (Fsp3) is 0.143. The van der Waals surface area contributed by atoms with E-state index in [0.29, 0.717) is 16.7 Å². The summed E-state index contributed by atoms with van der Waals surface area (Å²) < 4.78 is 4.62. The first-order valence-corrected chi connectivity index (χ1v) is 4.06. The fourth-order valence-corrected chi connectivity index (χ4v) is 1.31. The van der Waals surface area contributed by atoms with Gasteiger partial charge in [0.15, 0.2) is 0 Å². The molecule has 0 aliphatic heterocycles. The van der Waals surface area contributed by atoms with Crippen LogP contribution in [0, 0.1) is 0 Å². The summed E-state index contributed by atoms with van der Waals surface area (Å²) in [5.41, 5.74) is 0.881. The lowest BCUT2D eigenvalue weighted by atomic mass is 10.2. The first-order chi connectivity index (χ1) is 5.24. The van der Waals surface area contributed by atoms with Crippen molar-refractivity contribution in [2.75, 3.05) is 0 Å². The van der Waals surface area contributed by atoms with Gasteiger partial charge in [-0.2, -0.15) is 0 Å². The third-order valence-corrected chi connectivity index (χ3v) is 1.95. The summed E-state index contributed by atoms with van der Waals surface area (Å²) in [5, 5.41) is 1.23. The van der Waals surface area contributed by atoms with Gasteiger partial charge < -0.3 is 4.18 Å².